The normalized spacial score (nSPS) is 28.0. The van der Waals surface area contributed by atoms with E-state index in [0.717, 1.165) is 30.9 Å². The zero-order valence-electron chi connectivity index (χ0n) is 14.0. The number of hydrogen-bond donors (Lipinski definition) is 1. The molecule has 120 valence electrons. The summed E-state index contributed by atoms with van der Waals surface area (Å²) in [4.78, 5) is 1.40. The summed E-state index contributed by atoms with van der Waals surface area (Å²) in [6, 6.07) is 4.74. The summed E-state index contributed by atoms with van der Waals surface area (Å²) in [5.41, 5.74) is 0. The van der Waals surface area contributed by atoms with Crippen LogP contribution < -0.4 is 5.32 Å². The summed E-state index contributed by atoms with van der Waals surface area (Å²) in [6.07, 6.45) is 4.41. The van der Waals surface area contributed by atoms with Crippen molar-refractivity contribution in [2.24, 2.45) is 17.8 Å². The number of ether oxygens (including phenoxy) is 1. The molecule has 0 saturated heterocycles. The molecule has 2 nitrogen and oxygen atoms in total. The maximum Gasteiger partial charge on any atom is 0.0608 e. The Hall–Kier alpha value is -0.380. The van der Waals surface area contributed by atoms with Crippen LogP contribution in [-0.2, 0) is 4.74 Å². The van der Waals surface area contributed by atoms with Crippen LogP contribution in [0.4, 0.5) is 0 Å². The van der Waals surface area contributed by atoms with Gasteiger partial charge in [-0.3, -0.25) is 0 Å². The van der Waals surface area contributed by atoms with Crippen LogP contribution in [0.2, 0.25) is 0 Å². The molecule has 0 aromatic carbocycles. The lowest BCUT2D eigenvalue weighted by Gasteiger charge is -2.37. The SMILES string of the molecule is CC1CCC(C(C)C)C(OCCNC(C)c2cccs2)C1. The Morgan fingerprint density at radius 1 is 1.33 bits per heavy atom. The number of rotatable bonds is 7. The van der Waals surface area contributed by atoms with Crippen LogP contribution in [0.5, 0.6) is 0 Å². The molecule has 21 heavy (non-hydrogen) atoms. The van der Waals surface area contributed by atoms with Crippen molar-refractivity contribution >= 4 is 11.3 Å². The van der Waals surface area contributed by atoms with Gasteiger partial charge >= 0.3 is 0 Å². The van der Waals surface area contributed by atoms with E-state index in [-0.39, 0.29) is 0 Å². The van der Waals surface area contributed by atoms with Gasteiger partial charge in [0.05, 0.1) is 12.7 Å². The Balaban J connectivity index is 1.71. The zero-order chi connectivity index (χ0) is 15.2. The first-order chi connectivity index (χ1) is 10.1. The monoisotopic (exact) mass is 309 g/mol. The Kier molecular flexibility index (Phi) is 6.72. The Morgan fingerprint density at radius 3 is 2.81 bits per heavy atom. The number of thiophene rings is 1. The van der Waals surface area contributed by atoms with E-state index in [9.17, 15) is 0 Å². The predicted molar refractivity (Wildman–Crippen MR) is 91.8 cm³/mol. The Labute approximate surface area is 134 Å². The molecule has 3 heteroatoms. The lowest BCUT2D eigenvalue weighted by Crippen LogP contribution is -2.36. The smallest absolute Gasteiger partial charge is 0.0608 e. The molecule has 4 unspecified atom stereocenters. The highest BCUT2D eigenvalue weighted by Crippen LogP contribution is 2.35. The first-order valence-electron chi connectivity index (χ1n) is 8.46. The van der Waals surface area contributed by atoms with E-state index < -0.39 is 0 Å². The van der Waals surface area contributed by atoms with E-state index in [0.29, 0.717) is 12.1 Å². The van der Waals surface area contributed by atoms with Crippen molar-refractivity contribution < 1.29 is 4.74 Å². The molecule has 1 saturated carbocycles. The van der Waals surface area contributed by atoms with Crippen molar-refractivity contribution in [3.05, 3.63) is 22.4 Å². The van der Waals surface area contributed by atoms with Crippen LogP contribution in [0.3, 0.4) is 0 Å². The van der Waals surface area contributed by atoms with Crippen LogP contribution in [-0.4, -0.2) is 19.3 Å². The van der Waals surface area contributed by atoms with Crippen molar-refractivity contribution in [3.8, 4) is 0 Å². The van der Waals surface area contributed by atoms with Crippen LogP contribution in [0.25, 0.3) is 0 Å². The summed E-state index contributed by atoms with van der Waals surface area (Å²) in [7, 11) is 0. The van der Waals surface area contributed by atoms with Crippen molar-refractivity contribution in [2.45, 2.75) is 59.1 Å². The lowest BCUT2D eigenvalue weighted by molar-refractivity contribution is -0.0371. The van der Waals surface area contributed by atoms with E-state index in [1.54, 1.807) is 0 Å². The van der Waals surface area contributed by atoms with Crippen LogP contribution in [0, 0.1) is 17.8 Å². The van der Waals surface area contributed by atoms with Crippen LogP contribution >= 0.6 is 11.3 Å². The van der Waals surface area contributed by atoms with Crippen LogP contribution in [0.1, 0.15) is 57.9 Å². The molecule has 0 radical (unpaired) electrons. The second-order valence-corrected chi connectivity index (χ2v) is 7.91. The van der Waals surface area contributed by atoms with E-state index >= 15 is 0 Å². The van der Waals surface area contributed by atoms with Gasteiger partial charge in [-0.05, 0) is 49.0 Å². The molecule has 0 bridgehead atoms. The first-order valence-corrected chi connectivity index (χ1v) is 9.34. The minimum absolute atomic E-state index is 0.430. The van der Waals surface area contributed by atoms with E-state index in [2.05, 4.69) is 50.5 Å². The summed E-state index contributed by atoms with van der Waals surface area (Å²) in [5, 5.41) is 5.70. The predicted octanol–water partition coefficient (Wildman–Crippen LogP) is 4.88. The average molecular weight is 310 g/mol. The first kappa shape index (κ1) is 17.0. The molecule has 0 amide bonds. The largest absolute Gasteiger partial charge is 0.377 e. The van der Waals surface area contributed by atoms with Gasteiger partial charge < -0.3 is 10.1 Å². The van der Waals surface area contributed by atoms with Gasteiger partial charge in [0.15, 0.2) is 0 Å². The minimum atomic E-state index is 0.430. The molecule has 1 aliphatic rings. The van der Waals surface area contributed by atoms with Crippen LogP contribution in [0.15, 0.2) is 17.5 Å². The molecule has 2 rings (SSSR count). The van der Waals surface area contributed by atoms with E-state index in [1.165, 1.54) is 24.1 Å². The van der Waals surface area contributed by atoms with E-state index in [1.807, 2.05) is 11.3 Å². The molecule has 0 spiro atoms. The fraction of sp³-hybridized carbons (Fsp3) is 0.778. The highest BCUT2D eigenvalue weighted by atomic mass is 32.1. The fourth-order valence-corrected chi connectivity index (χ4v) is 4.19. The van der Waals surface area contributed by atoms with Crippen molar-refractivity contribution in [3.63, 3.8) is 0 Å². The van der Waals surface area contributed by atoms with Crippen molar-refractivity contribution in [1.82, 2.24) is 5.32 Å². The Bertz CT molecular complexity index is 390. The van der Waals surface area contributed by atoms with Gasteiger partial charge in [0.25, 0.3) is 0 Å². The summed E-state index contributed by atoms with van der Waals surface area (Å²) in [5.74, 6) is 2.31. The lowest BCUT2D eigenvalue weighted by atomic mass is 9.75. The van der Waals surface area contributed by atoms with Crippen molar-refractivity contribution in [1.29, 1.82) is 0 Å². The molecule has 1 heterocycles. The number of nitrogens with one attached hydrogen (secondary N) is 1. The summed E-state index contributed by atoms with van der Waals surface area (Å²) < 4.78 is 6.24. The zero-order valence-corrected chi connectivity index (χ0v) is 14.8. The van der Waals surface area contributed by atoms with Gasteiger partial charge in [-0.25, -0.2) is 0 Å². The molecule has 1 aromatic rings. The molecular formula is C18H31NOS. The maximum absolute atomic E-state index is 6.24. The second-order valence-electron chi connectivity index (χ2n) is 6.93. The quantitative estimate of drug-likeness (QED) is 0.725. The van der Waals surface area contributed by atoms with Crippen molar-refractivity contribution in [2.75, 3.05) is 13.2 Å². The maximum atomic E-state index is 6.24. The molecule has 4 atom stereocenters. The standard InChI is InChI=1S/C18H31NOS/c1-13(2)16-8-7-14(3)12-17(16)20-10-9-19-15(4)18-6-5-11-21-18/h5-6,11,13-17,19H,7-10,12H2,1-4H3. The molecular weight excluding hydrogens is 278 g/mol. The number of hydrogen-bond acceptors (Lipinski definition) is 3. The fourth-order valence-electron chi connectivity index (χ4n) is 3.43. The topological polar surface area (TPSA) is 21.3 Å². The average Bonchev–Trinajstić information content (AvgIpc) is 2.97. The van der Waals surface area contributed by atoms with Gasteiger partial charge in [0.1, 0.15) is 0 Å². The summed E-state index contributed by atoms with van der Waals surface area (Å²) >= 11 is 1.82. The third kappa shape index (κ3) is 5.08. The second kappa shape index (κ2) is 8.30. The third-order valence-corrected chi connectivity index (χ3v) is 5.87. The Morgan fingerprint density at radius 2 is 2.14 bits per heavy atom. The van der Waals surface area contributed by atoms with Gasteiger partial charge in [0.2, 0.25) is 0 Å². The highest BCUT2D eigenvalue weighted by molar-refractivity contribution is 7.10. The molecule has 1 aliphatic carbocycles. The molecule has 0 aliphatic heterocycles. The molecule has 1 aromatic heterocycles. The van der Waals surface area contributed by atoms with E-state index in [4.69, 9.17) is 4.74 Å². The van der Waals surface area contributed by atoms with Gasteiger partial charge in [-0.15, -0.1) is 11.3 Å². The van der Waals surface area contributed by atoms with Gasteiger partial charge in [0, 0.05) is 17.5 Å². The van der Waals surface area contributed by atoms with Gasteiger partial charge in [-0.2, -0.15) is 0 Å². The van der Waals surface area contributed by atoms with Gasteiger partial charge in [-0.1, -0.05) is 33.3 Å². The minimum Gasteiger partial charge on any atom is -0.377 e. The molecule has 1 N–H and O–H groups in total. The highest BCUT2D eigenvalue weighted by Gasteiger charge is 2.31. The summed E-state index contributed by atoms with van der Waals surface area (Å²) in [6.45, 7) is 11.0. The third-order valence-electron chi connectivity index (χ3n) is 4.82. The molecule has 1 fully saturated rings.